The number of hydrogen-bond acceptors (Lipinski definition) is 6. The fourth-order valence-electron chi connectivity index (χ4n) is 2.71. The van der Waals surface area contributed by atoms with Gasteiger partial charge in [-0.1, -0.05) is 36.9 Å². The molecule has 2 heterocycles. The Bertz CT molecular complexity index is 833. The lowest BCUT2D eigenvalue weighted by atomic mass is 10.0. The molecule has 24 heavy (non-hydrogen) atoms. The van der Waals surface area contributed by atoms with Gasteiger partial charge in [-0.3, -0.25) is 0 Å². The first-order chi connectivity index (χ1) is 11.7. The van der Waals surface area contributed by atoms with Gasteiger partial charge in [0, 0.05) is 18.0 Å². The summed E-state index contributed by atoms with van der Waals surface area (Å²) in [6.07, 6.45) is 0.198. The Morgan fingerprint density at radius 2 is 1.88 bits per heavy atom. The molecule has 1 aliphatic rings. The molecular formula is C18H16N4OS. The number of hydrogen-bond donors (Lipinski definition) is 1. The lowest BCUT2D eigenvalue weighted by Gasteiger charge is -2.37. The van der Waals surface area contributed by atoms with E-state index in [0.717, 1.165) is 10.5 Å². The molecule has 1 aromatic carbocycles. The minimum atomic E-state index is -0.385. The first-order valence-corrected chi connectivity index (χ1v) is 8.52. The quantitative estimate of drug-likeness (QED) is 0.924. The van der Waals surface area contributed by atoms with E-state index in [-0.39, 0.29) is 6.10 Å². The number of pyridine rings is 1. The summed E-state index contributed by atoms with van der Waals surface area (Å²) >= 11 is 1.42. The van der Waals surface area contributed by atoms with Gasteiger partial charge in [-0.25, -0.2) is 4.98 Å². The van der Waals surface area contributed by atoms with Crippen molar-refractivity contribution in [2.24, 2.45) is 0 Å². The first kappa shape index (κ1) is 16.3. The van der Waals surface area contributed by atoms with Crippen LogP contribution in [-0.2, 0) is 6.42 Å². The Hall–Kier alpha value is -2.54. The van der Waals surface area contributed by atoms with Gasteiger partial charge in [-0.2, -0.15) is 10.5 Å². The number of rotatable bonds is 4. The molecule has 1 aromatic heterocycles. The summed E-state index contributed by atoms with van der Waals surface area (Å²) in [5, 5.41) is 29.3. The molecule has 5 nitrogen and oxygen atoms in total. The van der Waals surface area contributed by atoms with Gasteiger partial charge in [0.1, 0.15) is 23.0 Å². The topological polar surface area (TPSA) is 83.9 Å². The Morgan fingerprint density at radius 3 is 2.42 bits per heavy atom. The van der Waals surface area contributed by atoms with Crippen LogP contribution in [0.1, 0.15) is 23.6 Å². The van der Waals surface area contributed by atoms with Crippen LogP contribution in [0.2, 0.25) is 0 Å². The van der Waals surface area contributed by atoms with Gasteiger partial charge in [0.15, 0.2) is 0 Å². The number of nitriles is 2. The van der Waals surface area contributed by atoms with E-state index in [1.54, 1.807) is 0 Å². The number of aliphatic hydroxyl groups excluding tert-OH is 1. The van der Waals surface area contributed by atoms with Gasteiger partial charge in [-0.05, 0) is 24.1 Å². The monoisotopic (exact) mass is 336 g/mol. The van der Waals surface area contributed by atoms with Crippen molar-refractivity contribution in [2.75, 3.05) is 18.0 Å². The van der Waals surface area contributed by atoms with E-state index in [4.69, 9.17) is 0 Å². The molecule has 1 fully saturated rings. The van der Waals surface area contributed by atoms with Crippen molar-refractivity contribution in [3.8, 4) is 12.1 Å². The van der Waals surface area contributed by atoms with Crippen LogP contribution < -0.4 is 4.90 Å². The largest absolute Gasteiger partial charge is 0.389 e. The molecule has 0 radical (unpaired) electrons. The number of β-amino-alcohol motifs (C(OH)–C–C–N with tert-alkyl or cyclic N) is 1. The van der Waals surface area contributed by atoms with Crippen molar-refractivity contribution < 1.29 is 5.11 Å². The Labute approximate surface area is 145 Å². The Kier molecular flexibility index (Phi) is 4.71. The third kappa shape index (κ3) is 2.94. The van der Waals surface area contributed by atoms with Gasteiger partial charge in [0.05, 0.1) is 17.2 Å². The highest BCUT2D eigenvalue weighted by molar-refractivity contribution is 7.99. The average Bonchev–Trinajstić information content (AvgIpc) is 2.58. The molecule has 6 heteroatoms. The number of aliphatic hydroxyl groups is 1. The van der Waals surface area contributed by atoms with Crippen LogP contribution in [0.5, 0.6) is 0 Å². The summed E-state index contributed by atoms with van der Waals surface area (Å²) in [5.41, 5.74) is 1.64. The maximum Gasteiger partial charge on any atom is 0.148 e. The highest BCUT2D eigenvalue weighted by atomic mass is 32.2. The van der Waals surface area contributed by atoms with Gasteiger partial charge in [0.25, 0.3) is 0 Å². The molecule has 0 aliphatic carbocycles. The first-order valence-electron chi connectivity index (χ1n) is 7.70. The fourth-order valence-corrected chi connectivity index (χ4v) is 3.63. The van der Waals surface area contributed by atoms with E-state index in [0.29, 0.717) is 41.5 Å². The second-order valence-electron chi connectivity index (χ2n) is 5.52. The third-order valence-electron chi connectivity index (χ3n) is 3.95. The molecule has 0 atom stereocenters. The minimum absolute atomic E-state index is 0.385. The van der Waals surface area contributed by atoms with Crippen LogP contribution in [-0.4, -0.2) is 29.3 Å². The third-order valence-corrected chi connectivity index (χ3v) is 4.94. The van der Waals surface area contributed by atoms with Crippen LogP contribution in [0.4, 0.5) is 5.82 Å². The average molecular weight is 336 g/mol. The lowest BCUT2D eigenvalue weighted by molar-refractivity contribution is 0.141. The fraction of sp³-hybridized carbons (Fsp3) is 0.278. The van der Waals surface area contributed by atoms with Crippen LogP contribution in [0.25, 0.3) is 0 Å². The van der Waals surface area contributed by atoms with E-state index in [1.807, 2.05) is 42.2 Å². The van der Waals surface area contributed by atoms with Crippen molar-refractivity contribution in [2.45, 2.75) is 29.4 Å². The molecular weight excluding hydrogens is 320 g/mol. The summed E-state index contributed by atoms with van der Waals surface area (Å²) in [6.45, 7) is 2.86. The van der Waals surface area contributed by atoms with Crippen molar-refractivity contribution in [3.05, 3.63) is 47.0 Å². The number of aromatic nitrogens is 1. The van der Waals surface area contributed by atoms with Crippen LogP contribution in [0.15, 0.2) is 40.3 Å². The zero-order chi connectivity index (χ0) is 17.1. The highest BCUT2D eigenvalue weighted by Gasteiger charge is 2.30. The molecule has 120 valence electrons. The molecule has 0 spiro atoms. The molecule has 3 rings (SSSR count). The Morgan fingerprint density at radius 1 is 1.21 bits per heavy atom. The predicted molar refractivity (Wildman–Crippen MR) is 91.8 cm³/mol. The molecule has 0 saturated carbocycles. The smallest absolute Gasteiger partial charge is 0.148 e. The Balaban J connectivity index is 2.12. The van der Waals surface area contributed by atoms with E-state index in [1.165, 1.54) is 11.8 Å². The molecule has 1 N–H and O–H groups in total. The van der Waals surface area contributed by atoms with E-state index < -0.39 is 0 Å². The summed E-state index contributed by atoms with van der Waals surface area (Å²) in [5.74, 6) is 0.567. The van der Waals surface area contributed by atoms with Gasteiger partial charge in [-0.15, -0.1) is 0 Å². The normalized spacial score (nSPS) is 13.9. The zero-order valence-corrected chi connectivity index (χ0v) is 14.0. The molecule has 1 aliphatic heterocycles. The maximum absolute atomic E-state index is 9.60. The summed E-state index contributed by atoms with van der Waals surface area (Å²) in [6, 6.07) is 14.2. The van der Waals surface area contributed by atoms with Crippen molar-refractivity contribution in [3.63, 3.8) is 0 Å². The van der Waals surface area contributed by atoms with Crippen LogP contribution in [0.3, 0.4) is 0 Å². The summed E-state index contributed by atoms with van der Waals surface area (Å²) < 4.78 is 0. The molecule has 0 amide bonds. The minimum Gasteiger partial charge on any atom is -0.389 e. The van der Waals surface area contributed by atoms with Crippen molar-refractivity contribution in [1.82, 2.24) is 4.98 Å². The number of anilines is 1. The molecule has 1 saturated heterocycles. The molecule has 0 bridgehead atoms. The van der Waals surface area contributed by atoms with Crippen molar-refractivity contribution in [1.29, 1.82) is 10.5 Å². The van der Waals surface area contributed by atoms with Gasteiger partial charge < -0.3 is 10.0 Å². The van der Waals surface area contributed by atoms with E-state index in [9.17, 15) is 15.6 Å². The standard InChI is InChI=1S/C18H16N4OS/c1-2-14-15(8-19)17(22-10-12(23)11-22)21-18(16(14)9-20)24-13-6-4-3-5-7-13/h3-7,12,23H,2,10-11H2,1H3. The van der Waals surface area contributed by atoms with E-state index in [2.05, 4.69) is 17.1 Å². The van der Waals surface area contributed by atoms with Gasteiger partial charge in [0.2, 0.25) is 0 Å². The van der Waals surface area contributed by atoms with E-state index >= 15 is 0 Å². The van der Waals surface area contributed by atoms with Crippen molar-refractivity contribution >= 4 is 17.6 Å². The predicted octanol–water partition coefficient (Wildman–Crippen LogP) is 2.72. The second-order valence-corrected chi connectivity index (χ2v) is 6.58. The molecule has 2 aromatic rings. The molecule has 0 unspecified atom stereocenters. The number of benzene rings is 1. The summed E-state index contributed by atoms with van der Waals surface area (Å²) in [4.78, 5) is 7.48. The summed E-state index contributed by atoms with van der Waals surface area (Å²) in [7, 11) is 0. The lowest BCUT2D eigenvalue weighted by Crippen LogP contribution is -2.51. The SMILES string of the molecule is CCc1c(C#N)c(Sc2ccccc2)nc(N2CC(O)C2)c1C#N. The second kappa shape index (κ2) is 6.92. The van der Waals surface area contributed by atoms with Crippen LogP contribution >= 0.6 is 11.8 Å². The van der Waals surface area contributed by atoms with Crippen LogP contribution in [0, 0.1) is 22.7 Å². The maximum atomic E-state index is 9.60. The van der Waals surface area contributed by atoms with Gasteiger partial charge >= 0.3 is 0 Å². The number of nitrogens with zero attached hydrogens (tertiary/aromatic N) is 4. The zero-order valence-electron chi connectivity index (χ0n) is 13.2. The highest BCUT2D eigenvalue weighted by Crippen LogP contribution is 2.36.